The topological polar surface area (TPSA) is 74.5 Å². The summed E-state index contributed by atoms with van der Waals surface area (Å²) in [7, 11) is 0. The van der Waals surface area contributed by atoms with Gasteiger partial charge in [-0.15, -0.1) is 0 Å². The number of nitrogens with one attached hydrogen (secondary N) is 1. The second-order valence-electron chi connectivity index (χ2n) is 7.07. The molecule has 1 N–H and O–H groups in total. The molecule has 2 saturated heterocycles. The molecule has 1 atom stereocenters. The summed E-state index contributed by atoms with van der Waals surface area (Å²) in [5, 5.41) is 7.35. The zero-order chi connectivity index (χ0) is 17.9. The molecule has 1 aromatic carbocycles. The number of hydrogen-bond donors (Lipinski definition) is 1. The minimum Gasteiger partial charge on any atom is -0.340 e. The number of amides is 1. The predicted octanol–water partition coefficient (Wildman–Crippen LogP) is 1.41. The van der Waals surface area contributed by atoms with E-state index in [1.807, 2.05) is 23.1 Å². The highest BCUT2D eigenvalue weighted by atomic mass is 16.5. The number of benzene rings is 1. The molecule has 0 radical (unpaired) electrons. The summed E-state index contributed by atoms with van der Waals surface area (Å²) < 4.78 is 5.03. The van der Waals surface area contributed by atoms with Gasteiger partial charge in [0.15, 0.2) is 5.82 Å². The SMILES string of the molecule is Cc1nc(CN2CCN(C(=O)c3ccccc3[C@@H]3CCNC3)CC2)no1. The monoisotopic (exact) mass is 355 g/mol. The Morgan fingerprint density at radius 3 is 2.77 bits per heavy atom. The van der Waals surface area contributed by atoms with Crippen molar-refractivity contribution >= 4 is 5.91 Å². The second kappa shape index (κ2) is 7.55. The highest BCUT2D eigenvalue weighted by Gasteiger charge is 2.27. The number of piperazine rings is 1. The van der Waals surface area contributed by atoms with Crippen molar-refractivity contribution in [3.63, 3.8) is 0 Å². The van der Waals surface area contributed by atoms with E-state index in [1.54, 1.807) is 6.92 Å². The molecule has 7 heteroatoms. The fourth-order valence-corrected chi connectivity index (χ4v) is 3.85. The summed E-state index contributed by atoms with van der Waals surface area (Å²) in [6, 6.07) is 8.09. The number of hydrogen-bond acceptors (Lipinski definition) is 6. The molecule has 138 valence electrons. The summed E-state index contributed by atoms with van der Waals surface area (Å²) >= 11 is 0. The number of aromatic nitrogens is 2. The first-order valence-corrected chi connectivity index (χ1v) is 9.31. The summed E-state index contributed by atoms with van der Waals surface area (Å²) in [4.78, 5) is 21.6. The Kier molecular flexibility index (Phi) is 4.99. The molecule has 26 heavy (non-hydrogen) atoms. The molecule has 3 heterocycles. The maximum absolute atomic E-state index is 13.1. The molecule has 2 aliphatic rings. The minimum atomic E-state index is 0.155. The Morgan fingerprint density at radius 1 is 1.27 bits per heavy atom. The van der Waals surface area contributed by atoms with Crippen molar-refractivity contribution in [3.8, 4) is 0 Å². The summed E-state index contributed by atoms with van der Waals surface area (Å²) in [5.41, 5.74) is 2.05. The van der Waals surface area contributed by atoms with Crippen molar-refractivity contribution < 1.29 is 9.32 Å². The van der Waals surface area contributed by atoms with Crippen LogP contribution in [0.4, 0.5) is 0 Å². The average molecular weight is 355 g/mol. The maximum Gasteiger partial charge on any atom is 0.254 e. The summed E-state index contributed by atoms with van der Waals surface area (Å²) in [5.74, 6) is 1.90. The molecular weight excluding hydrogens is 330 g/mol. The zero-order valence-corrected chi connectivity index (χ0v) is 15.1. The summed E-state index contributed by atoms with van der Waals surface area (Å²) in [6.45, 7) is 7.57. The van der Waals surface area contributed by atoms with Gasteiger partial charge in [0.05, 0.1) is 6.54 Å². The van der Waals surface area contributed by atoms with Gasteiger partial charge >= 0.3 is 0 Å². The van der Waals surface area contributed by atoms with Crippen LogP contribution in [0.5, 0.6) is 0 Å². The molecule has 0 bridgehead atoms. The van der Waals surface area contributed by atoms with Gasteiger partial charge < -0.3 is 14.7 Å². The molecule has 0 saturated carbocycles. The largest absolute Gasteiger partial charge is 0.340 e. The van der Waals surface area contributed by atoms with Crippen molar-refractivity contribution in [2.24, 2.45) is 0 Å². The van der Waals surface area contributed by atoms with Gasteiger partial charge in [-0.1, -0.05) is 23.4 Å². The fourth-order valence-electron chi connectivity index (χ4n) is 3.85. The lowest BCUT2D eigenvalue weighted by atomic mass is 9.93. The van der Waals surface area contributed by atoms with E-state index in [0.29, 0.717) is 24.2 Å². The van der Waals surface area contributed by atoms with E-state index < -0.39 is 0 Å². The van der Waals surface area contributed by atoms with Crippen LogP contribution in [0.3, 0.4) is 0 Å². The number of carbonyl (C=O) groups excluding carboxylic acids is 1. The van der Waals surface area contributed by atoms with Crippen LogP contribution in [0, 0.1) is 6.92 Å². The van der Waals surface area contributed by atoms with Crippen molar-refractivity contribution in [2.45, 2.75) is 25.8 Å². The van der Waals surface area contributed by atoms with Gasteiger partial charge in [-0.2, -0.15) is 4.98 Å². The van der Waals surface area contributed by atoms with E-state index >= 15 is 0 Å². The molecule has 7 nitrogen and oxygen atoms in total. The van der Waals surface area contributed by atoms with E-state index in [2.05, 4.69) is 26.4 Å². The van der Waals surface area contributed by atoms with Gasteiger partial charge in [0.2, 0.25) is 5.89 Å². The van der Waals surface area contributed by atoms with Crippen LogP contribution in [0.1, 0.15) is 40.0 Å². The number of nitrogens with zero attached hydrogens (tertiary/aromatic N) is 4. The fraction of sp³-hybridized carbons (Fsp3) is 0.526. The molecular formula is C19H25N5O2. The van der Waals surface area contributed by atoms with Gasteiger partial charge in [-0.05, 0) is 30.5 Å². The third kappa shape index (κ3) is 3.64. The van der Waals surface area contributed by atoms with Crippen LogP contribution < -0.4 is 5.32 Å². The molecule has 0 spiro atoms. The normalized spacial score (nSPS) is 21.3. The average Bonchev–Trinajstić information content (AvgIpc) is 3.34. The van der Waals surface area contributed by atoms with Crippen LogP contribution in [-0.2, 0) is 6.54 Å². The Labute approximate surface area is 153 Å². The summed E-state index contributed by atoms with van der Waals surface area (Å²) in [6.07, 6.45) is 1.10. The van der Waals surface area contributed by atoms with Gasteiger partial charge in [-0.3, -0.25) is 9.69 Å². The lowest BCUT2D eigenvalue weighted by molar-refractivity contribution is 0.0623. The molecule has 1 amide bonds. The van der Waals surface area contributed by atoms with Gasteiger partial charge in [-0.25, -0.2) is 0 Å². The Balaban J connectivity index is 1.39. The number of rotatable bonds is 4. The van der Waals surface area contributed by atoms with Crippen LogP contribution in [-0.4, -0.2) is 65.1 Å². The Morgan fingerprint density at radius 2 is 2.08 bits per heavy atom. The standard InChI is InChI=1S/C19H25N5O2/c1-14-21-18(22-26-14)13-23-8-10-24(11-9-23)19(25)17-5-3-2-4-16(17)15-6-7-20-12-15/h2-5,15,20H,6-13H2,1H3/t15-/m1/s1. The highest BCUT2D eigenvalue weighted by molar-refractivity contribution is 5.96. The lowest BCUT2D eigenvalue weighted by Crippen LogP contribution is -2.48. The van der Waals surface area contributed by atoms with E-state index in [9.17, 15) is 4.79 Å². The van der Waals surface area contributed by atoms with Crippen LogP contribution >= 0.6 is 0 Å². The van der Waals surface area contributed by atoms with Crippen molar-refractivity contribution in [3.05, 3.63) is 47.1 Å². The third-order valence-electron chi connectivity index (χ3n) is 5.29. The zero-order valence-electron chi connectivity index (χ0n) is 15.1. The molecule has 2 aliphatic heterocycles. The van der Waals surface area contributed by atoms with E-state index in [-0.39, 0.29) is 5.91 Å². The molecule has 4 rings (SSSR count). The maximum atomic E-state index is 13.1. The molecule has 2 fully saturated rings. The van der Waals surface area contributed by atoms with Crippen molar-refractivity contribution in [1.29, 1.82) is 0 Å². The van der Waals surface area contributed by atoms with Crippen molar-refractivity contribution in [1.82, 2.24) is 25.3 Å². The predicted molar refractivity (Wildman–Crippen MR) is 96.9 cm³/mol. The minimum absolute atomic E-state index is 0.155. The lowest BCUT2D eigenvalue weighted by Gasteiger charge is -2.34. The first-order chi connectivity index (χ1) is 12.7. The Hall–Kier alpha value is -2.25. The van der Waals surface area contributed by atoms with Crippen LogP contribution in [0.25, 0.3) is 0 Å². The van der Waals surface area contributed by atoms with E-state index in [1.165, 1.54) is 5.56 Å². The third-order valence-corrected chi connectivity index (χ3v) is 5.29. The van der Waals surface area contributed by atoms with E-state index in [4.69, 9.17) is 4.52 Å². The number of aryl methyl sites for hydroxylation is 1. The van der Waals surface area contributed by atoms with Crippen LogP contribution in [0.2, 0.25) is 0 Å². The molecule has 0 aliphatic carbocycles. The van der Waals surface area contributed by atoms with Gasteiger partial charge in [0.25, 0.3) is 5.91 Å². The highest BCUT2D eigenvalue weighted by Crippen LogP contribution is 2.26. The second-order valence-corrected chi connectivity index (χ2v) is 7.07. The van der Waals surface area contributed by atoms with Gasteiger partial charge in [0, 0.05) is 45.2 Å². The molecule has 1 aromatic heterocycles. The van der Waals surface area contributed by atoms with Crippen LogP contribution in [0.15, 0.2) is 28.8 Å². The first kappa shape index (κ1) is 17.2. The van der Waals surface area contributed by atoms with E-state index in [0.717, 1.165) is 51.3 Å². The molecule has 0 unspecified atom stereocenters. The van der Waals surface area contributed by atoms with Crippen molar-refractivity contribution in [2.75, 3.05) is 39.3 Å². The smallest absolute Gasteiger partial charge is 0.254 e. The first-order valence-electron chi connectivity index (χ1n) is 9.31. The van der Waals surface area contributed by atoms with Gasteiger partial charge in [0.1, 0.15) is 0 Å². The quantitative estimate of drug-likeness (QED) is 0.894. The Bertz CT molecular complexity index is 761. The number of carbonyl (C=O) groups is 1. The molecule has 2 aromatic rings.